The van der Waals surface area contributed by atoms with E-state index in [2.05, 4.69) is 5.32 Å². The van der Waals surface area contributed by atoms with Gasteiger partial charge < -0.3 is 10.1 Å². The molecule has 1 aromatic rings. The number of anilines is 1. The zero-order valence-electron chi connectivity index (χ0n) is 17.0. The molecule has 8 heteroatoms. The molecule has 1 aromatic carbocycles. The van der Waals surface area contributed by atoms with Gasteiger partial charge >= 0.3 is 0 Å². The Morgan fingerprint density at radius 3 is 2.46 bits per heavy atom. The zero-order valence-corrected chi connectivity index (χ0v) is 18.7. The summed E-state index contributed by atoms with van der Waals surface area (Å²) in [5.74, 6) is 1.23. The number of ether oxygens (including phenoxy) is 1. The molecular weight excluding hydrogens is 396 g/mol. The lowest BCUT2D eigenvalue weighted by Crippen LogP contribution is -2.48. The molecule has 6 nitrogen and oxygen atoms in total. The highest BCUT2D eigenvalue weighted by Gasteiger charge is 2.29. The lowest BCUT2D eigenvalue weighted by atomic mass is 10.0. The van der Waals surface area contributed by atoms with Crippen molar-refractivity contribution in [3.8, 4) is 5.75 Å². The minimum absolute atomic E-state index is 0.288. The fraction of sp³-hybridized carbons (Fsp3) is 0.650. The average Bonchev–Trinajstić information content (AvgIpc) is 2.66. The number of thioether (sulfide) groups is 1. The molecule has 28 heavy (non-hydrogen) atoms. The maximum Gasteiger partial charge on any atom is 0.243 e. The van der Waals surface area contributed by atoms with Gasteiger partial charge in [-0.2, -0.15) is 11.8 Å². The first-order valence-electron chi connectivity index (χ1n) is 9.94. The van der Waals surface area contributed by atoms with E-state index in [1.165, 1.54) is 32.1 Å². The molecule has 0 spiro atoms. The Morgan fingerprint density at radius 1 is 1.25 bits per heavy atom. The Hall–Kier alpha value is -1.41. The smallest absolute Gasteiger partial charge is 0.243 e. The molecule has 0 unspecified atom stereocenters. The van der Waals surface area contributed by atoms with E-state index < -0.39 is 16.1 Å². The third-order valence-corrected chi connectivity index (χ3v) is 7.42. The number of carbonyl (C=O) groups is 1. The lowest BCUT2D eigenvalue weighted by Gasteiger charge is -2.28. The first kappa shape index (κ1) is 22.9. The van der Waals surface area contributed by atoms with Crippen molar-refractivity contribution in [2.24, 2.45) is 0 Å². The minimum atomic E-state index is -3.61. The van der Waals surface area contributed by atoms with Crippen LogP contribution in [-0.2, 0) is 14.8 Å². The summed E-state index contributed by atoms with van der Waals surface area (Å²) in [5.41, 5.74) is 0.449. The van der Waals surface area contributed by atoms with E-state index in [1.54, 1.807) is 31.2 Å². The summed E-state index contributed by atoms with van der Waals surface area (Å²) in [6, 6.07) is 5.92. The molecule has 0 bridgehead atoms. The Kier molecular flexibility index (Phi) is 8.95. The molecule has 0 saturated heterocycles. The molecule has 1 atom stereocenters. The molecule has 0 radical (unpaired) electrons. The van der Waals surface area contributed by atoms with Crippen molar-refractivity contribution in [1.29, 1.82) is 0 Å². The van der Waals surface area contributed by atoms with Crippen LogP contribution in [0, 0.1) is 0 Å². The summed E-state index contributed by atoms with van der Waals surface area (Å²) in [7, 11) is -3.61. The monoisotopic (exact) mass is 428 g/mol. The number of hydrogen-bond donors (Lipinski definition) is 1. The quantitative estimate of drug-likeness (QED) is 0.578. The predicted molar refractivity (Wildman–Crippen MR) is 117 cm³/mol. The van der Waals surface area contributed by atoms with Crippen LogP contribution in [-0.4, -0.2) is 50.8 Å². The molecule has 158 valence electrons. The van der Waals surface area contributed by atoms with E-state index in [-0.39, 0.29) is 5.91 Å². The number of hydrogen-bond acceptors (Lipinski definition) is 5. The predicted octanol–water partition coefficient (Wildman–Crippen LogP) is 3.42. The second-order valence-electron chi connectivity index (χ2n) is 7.08. The molecule has 1 amide bonds. The normalized spacial score (nSPS) is 16.4. The maximum atomic E-state index is 12.6. The molecular formula is C20H32N2O4S2. The highest BCUT2D eigenvalue weighted by Crippen LogP contribution is 2.28. The maximum absolute atomic E-state index is 12.6. The summed E-state index contributed by atoms with van der Waals surface area (Å²) in [6.07, 6.45) is 7.56. The second kappa shape index (κ2) is 11.0. The van der Waals surface area contributed by atoms with E-state index in [1.807, 2.05) is 18.7 Å². The van der Waals surface area contributed by atoms with Gasteiger partial charge in [-0.3, -0.25) is 9.10 Å². The van der Waals surface area contributed by atoms with E-state index in [0.717, 1.165) is 16.3 Å². The molecule has 1 fully saturated rings. The van der Waals surface area contributed by atoms with E-state index >= 15 is 0 Å². The van der Waals surface area contributed by atoms with Crippen molar-refractivity contribution >= 4 is 33.4 Å². The van der Waals surface area contributed by atoms with Crippen molar-refractivity contribution in [3.63, 3.8) is 0 Å². The Balaban J connectivity index is 1.93. The molecule has 0 aromatic heterocycles. The van der Waals surface area contributed by atoms with Crippen molar-refractivity contribution in [1.82, 2.24) is 5.32 Å². The number of sulfonamides is 1. The number of benzene rings is 1. The van der Waals surface area contributed by atoms with Crippen molar-refractivity contribution in [2.75, 3.05) is 29.5 Å². The van der Waals surface area contributed by atoms with Gasteiger partial charge in [-0.1, -0.05) is 19.3 Å². The minimum Gasteiger partial charge on any atom is -0.494 e. The first-order chi connectivity index (χ1) is 13.3. The molecule has 1 aliphatic carbocycles. The van der Waals surface area contributed by atoms with Gasteiger partial charge in [-0.25, -0.2) is 8.42 Å². The van der Waals surface area contributed by atoms with Gasteiger partial charge in [-0.15, -0.1) is 0 Å². The van der Waals surface area contributed by atoms with Crippen LogP contribution in [0.4, 0.5) is 5.69 Å². The molecule has 1 N–H and O–H groups in total. The molecule has 1 aliphatic rings. The second-order valence-corrected chi connectivity index (χ2v) is 10.4. The molecule has 0 aliphatic heterocycles. The number of rotatable bonds is 10. The number of nitrogens with one attached hydrogen (secondary N) is 1. The van der Waals surface area contributed by atoms with E-state index in [9.17, 15) is 13.2 Å². The zero-order chi connectivity index (χ0) is 20.6. The van der Waals surface area contributed by atoms with Crippen LogP contribution in [0.5, 0.6) is 5.75 Å². The van der Waals surface area contributed by atoms with Crippen molar-refractivity contribution < 1.29 is 17.9 Å². The number of amides is 1. The number of carbonyl (C=O) groups excluding carboxylic acids is 1. The van der Waals surface area contributed by atoms with E-state index in [0.29, 0.717) is 29.8 Å². The third kappa shape index (κ3) is 6.88. The SMILES string of the molecule is CCOc1ccc(N([C@@H](C)C(=O)NCCSC2CCCCC2)S(C)(=O)=O)cc1. The third-order valence-electron chi connectivity index (χ3n) is 4.80. The van der Waals surface area contributed by atoms with Gasteiger partial charge in [0.15, 0.2) is 0 Å². The Morgan fingerprint density at radius 2 is 1.89 bits per heavy atom. The lowest BCUT2D eigenvalue weighted by molar-refractivity contribution is -0.121. The average molecular weight is 429 g/mol. The summed E-state index contributed by atoms with van der Waals surface area (Å²) >= 11 is 1.91. The Labute approximate surface area is 173 Å². The highest BCUT2D eigenvalue weighted by molar-refractivity contribution is 7.99. The summed E-state index contributed by atoms with van der Waals surface area (Å²) in [6.45, 7) is 4.58. The molecule has 0 heterocycles. The molecule has 1 saturated carbocycles. The van der Waals surface area contributed by atoms with Gasteiger partial charge in [0.05, 0.1) is 18.6 Å². The standard InChI is InChI=1S/C20H32N2O4S2/c1-4-26-18-12-10-17(11-13-18)22(28(3,24)25)16(2)20(23)21-14-15-27-19-8-6-5-7-9-19/h10-13,16,19H,4-9,14-15H2,1-3H3,(H,21,23)/t16-/m0/s1. The summed E-state index contributed by atoms with van der Waals surface area (Å²) in [4.78, 5) is 12.6. The molecule has 2 rings (SSSR count). The fourth-order valence-corrected chi connectivity index (χ4v) is 5.84. The Bertz CT molecular complexity index is 716. The van der Waals surface area contributed by atoms with Crippen molar-refractivity contribution in [3.05, 3.63) is 24.3 Å². The fourth-order valence-electron chi connectivity index (χ4n) is 3.44. The van der Waals surface area contributed by atoms with Gasteiger partial charge in [-0.05, 0) is 51.0 Å². The van der Waals surface area contributed by atoms with Crippen LogP contribution in [0.15, 0.2) is 24.3 Å². The van der Waals surface area contributed by atoms with Crippen LogP contribution in [0.3, 0.4) is 0 Å². The van der Waals surface area contributed by atoms with Crippen LogP contribution in [0.2, 0.25) is 0 Å². The summed E-state index contributed by atoms with van der Waals surface area (Å²) < 4.78 is 31.2. The van der Waals surface area contributed by atoms with Gasteiger partial charge in [0.2, 0.25) is 15.9 Å². The highest BCUT2D eigenvalue weighted by atomic mass is 32.2. The van der Waals surface area contributed by atoms with Gasteiger partial charge in [0.1, 0.15) is 11.8 Å². The largest absolute Gasteiger partial charge is 0.494 e. The first-order valence-corrected chi connectivity index (χ1v) is 12.8. The summed E-state index contributed by atoms with van der Waals surface area (Å²) in [5, 5.41) is 3.58. The van der Waals surface area contributed by atoms with Crippen LogP contribution < -0.4 is 14.4 Å². The topological polar surface area (TPSA) is 75.7 Å². The van der Waals surface area contributed by atoms with Gasteiger partial charge in [0.25, 0.3) is 0 Å². The number of nitrogens with zero attached hydrogens (tertiary/aromatic N) is 1. The van der Waals surface area contributed by atoms with Crippen molar-refractivity contribution in [2.45, 2.75) is 57.2 Å². The van der Waals surface area contributed by atoms with Crippen LogP contribution in [0.25, 0.3) is 0 Å². The van der Waals surface area contributed by atoms with E-state index in [4.69, 9.17) is 4.74 Å². The van der Waals surface area contributed by atoms with Gasteiger partial charge in [0, 0.05) is 17.5 Å². The van der Waals surface area contributed by atoms with Crippen LogP contribution in [0.1, 0.15) is 46.0 Å². The van der Waals surface area contributed by atoms with Crippen LogP contribution >= 0.6 is 11.8 Å².